The first-order valence-electron chi connectivity index (χ1n) is 18.1. The van der Waals surface area contributed by atoms with Crippen LogP contribution in [0.3, 0.4) is 0 Å². The summed E-state index contributed by atoms with van der Waals surface area (Å²) in [6.45, 7) is 9.55. The van der Waals surface area contributed by atoms with Crippen LogP contribution in [-0.4, -0.2) is 56.1 Å². The Morgan fingerprint density at radius 1 is 0.830 bits per heavy atom. The summed E-state index contributed by atoms with van der Waals surface area (Å²) in [6.07, 6.45) is 16.3. The molecule has 0 radical (unpaired) electrons. The van der Waals surface area contributed by atoms with E-state index in [0.29, 0.717) is 40.9 Å². The van der Waals surface area contributed by atoms with E-state index in [1.165, 1.54) is 56.4 Å². The first-order chi connectivity index (χ1) is 22.9. The first-order valence-corrected chi connectivity index (χ1v) is 18.8. The fourth-order valence-corrected chi connectivity index (χ4v) is 6.84. The number of fused-ring (bicyclic) bond motifs is 1. The molecule has 2 aromatic carbocycles. The van der Waals surface area contributed by atoms with Gasteiger partial charge in [0.25, 0.3) is 5.91 Å². The average molecular weight is 689 g/mol. The maximum atomic E-state index is 13.0. The van der Waals surface area contributed by atoms with Crippen LogP contribution in [0.5, 0.6) is 5.75 Å². The zero-order chi connectivity index (χ0) is 33.4. The van der Waals surface area contributed by atoms with E-state index < -0.39 is 0 Å². The summed E-state index contributed by atoms with van der Waals surface area (Å²) in [5, 5.41) is 2.43. The topological polar surface area (TPSA) is 62.3 Å². The van der Waals surface area contributed by atoms with E-state index >= 15 is 0 Å². The standard InChI is InChI=1S/C38H55Cl2N3O4/c1-3-4-5-6-7-8-9-10-11-12-16-30(2)38(45)47-43-35-29-32(21-19-31(35)20-22-36(43)44)46-28-14-13-23-41-24-26-42(27-25-41)34-18-15-17-33(39)37(34)40/h15,17-19,21,29-30H,3-14,16,20,22-28H2,1-2H3. The van der Waals surface area contributed by atoms with E-state index in [1.54, 1.807) is 0 Å². The highest BCUT2D eigenvalue weighted by Crippen LogP contribution is 2.34. The normalized spacial score (nSPS) is 15.9. The lowest BCUT2D eigenvalue weighted by atomic mass is 10.0. The number of nitrogens with zero attached hydrogens (tertiary/aromatic N) is 3. The van der Waals surface area contributed by atoms with Crippen molar-refractivity contribution < 1.29 is 19.2 Å². The molecule has 1 unspecified atom stereocenters. The molecule has 1 saturated heterocycles. The van der Waals surface area contributed by atoms with Crippen molar-refractivity contribution in [3.8, 4) is 5.75 Å². The van der Waals surface area contributed by atoms with Gasteiger partial charge < -0.3 is 14.5 Å². The lowest BCUT2D eigenvalue weighted by Crippen LogP contribution is -2.46. The van der Waals surface area contributed by atoms with Crippen LogP contribution in [0.2, 0.25) is 10.0 Å². The van der Waals surface area contributed by atoms with Crippen LogP contribution in [0.4, 0.5) is 11.4 Å². The third-order valence-corrected chi connectivity index (χ3v) is 10.3. The first kappa shape index (κ1) is 37.3. The smallest absolute Gasteiger partial charge is 0.335 e. The van der Waals surface area contributed by atoms with Gasteiger partial charge >= 0.3 is 5.97 Å². The van der Waals surface area contributed by atoms with Crippen LogP contribution in [0.15, 0.2) is 36.4 Å². The van der Waals surface area contributed by atoms with Crippen LogP contribution >= 0.6 is 23.2 Å². The van der Waals surface area contributed by atoms with Crippen molar-refractivity contribution in [1.82, 2.24) is 4.90 Å². The number of unbranched alkanes of at least 4 members (excludes halogenated alkanes) is 10. The highest BCUT2D eigenvalue weighted by atomic mass is 35.5. The fourth-order valence-electron chi connectivity index (χ4n) is 6.42. The van der Waals surface area contributed by atoms with Crippen molar-refractivity contribution in [2.24, 2.45) is 5.92 Å². The molecule has 260 valence electrons. The van der Waals surface area contributed by atoms with E-state index in [2.05, 4.69) is 16.7 Å². The molecule has 1 amide bonds. The monoisotopic (exact) mass is 687 g/mol. The lowest BCUT2D eigenvalue weighted by molar-refractivity contribution is -0.154. The Balaban J connectivity index is 1.14. The quantitative estimate of drug-likeness (QED) is 0.129. The number of benzene rings is 2. The van der Waals surface area contributed by atoms with Gasteiger partial charge in [-0.15, -0.1) is 5.06 Å². The second kappa shape index (κ2) is 20.1. The predicted octanol–water partition coefficient (Wildman–Crippen LogP) is 9.66. The van der Waals surface area contributed by atoms with E-state index in [1.807, 2.05) is 43.3 Å². The molecule has 2 aliphatic rings. The molecule has 0 bridgehead atoms. The molecule has 7 nitrogen and oxygen atoms in total. The number of carbonyl (C=O) groups is 2. The van der Waals surface area contributed by atoms with Crippen molar-refractivity contribution in [1.29, 1.82) is 0 Å². The highest BCUT2D eigenvalue weighted by molar-refractivity contribution is 6.43. The van der Waals surface area contributed by atoms with Crippen molar-refractivity contribution in [2.75, 3.05) is 49.3 Å². The number of rotatable bonds is 20. The van der Waals surface area contributed by atoms with Crippen LogP contribution in [0.1, 0.15) is 109 Å². The Bertz CT molecular complexity index is 1270. The van der Waals surface area contributed by atoms with E-state index in [0.717, 1.165) is 76.1 Å². The summed E-state index contributed by atoms with van der Waals surface area (Å²) < 4.78 is 6.08. The molecule has 2 aliphatic heterocycles. The number of hydrogen-bond acceptors (Lipinski definition) is 6. The maximum absolute atomic E-state index is 13.0. The Labute approximate surface area is 292 Å². The highest BCUT2D eigenvalue weighted by Gasteiger charge is 2.30. The number of hydrogen-bond donors (Lipinski definition) is 0. The number of amides is 1. The molecular weight excluding hydrogens is 633 g/mol. The fraction of sp³-hybridized carbons (Fsp3) is 0.632. The third-order valence-electron chi connectivity index (χ3n) is 9.47. The van der Waals surface area contributed by atoms with Gasteiger partial charge in [0.1, 0.15) is 5.75 Å². The molecule has 2 heterocycles. The molecule has 2 aromatic rings. The Hall–Kier alpha value is -2.48. The Morgan fingerprint density at radius 2 is 1.53 bits per heavy atom. The van der Waals surface area contributed by atoms with Crippen molar-refractivity contribution >= 4 is 46.5 Å². The maximum Gasteiger partial charge on any atom is 0.335 e. The lowest BCUT2D eigenvalue weighted by Gasteiger charge is -2.36. The minimum absolute atomic E-state index is 0.188. The molecule has 0 spiro atoms. The van der Waals surface area contributed by atoms with Gasteiger partial charge in [-0.3, -0.25) is 9.69 Å². The van der Waals surface area contributed by atoms with Gasteiger partial charge in [-0.1, -0.05) is 113 Å². The van der Waals surface area contributed by atoms with E-state index in [-0.39, 0.29) is 17.8 Å². The van der Waals surface area contributed by atoms with Crippen LogP contribution in [0, 0.1) is 5.92 Å². The zero-order valence-electron chi connectivity index (χ0n) is 28.6. The van der Waals surface area contributed by atoms with Crippen molar-refractivity contribution in [3.05, 3.63) is 52.0 Å². The summed E-state index contributed by atoms with van der Waals surface area (Å²) in [4.78, 5) is 36.3. The average Bonchev–Trinajstić information content (AvgIpc) is 3.08. The van der Waals surface area contributed by atoms with Gasteiger partial charge in [0.15, 0.2) is 0 Å². The molecule has 1 fully saturated rings. The minimum atomic E-state index is -0.343. The molecule has 0 saturated carbocycles. The van der Waals surface area contributed by atoms with Crippen molar-refractivity contribution in [3.63, 3.8) is 0 Å². The van der Waals surface area contributed by atoms with Gasteiger partial charge in [-0.05, 0) is 56.0 Å². The number of ether oxygens (including phenoxy) is 1. The number of aryl methyl sites for hydroxylation is 1. The number of anilines is 2. The van der Waals surface area contributed by atoms with Gasteiger partial charge in [-0.25, -0.2) is 4.79 Å². The molecule has 0 N–H and O–H groups in total. The zero-order valence-corrected chi connectivity index (χ0v) is 30.1. The molecule has 47 heavy (non-hydrogen) atoms. The summed E-state index contributed by atoms with van der Waals surface area (Å²) in [5.41, 5.74) is 2.62. The van der Waals surface area contributed by atoms with E-state index in [4.69, 9.17) is 32.8 Å². The summed E-state index contributed by atoms with van der Waals surface area (Å²) in [5.74, 6) is -0.0963. The molecule has 4 rings (SSSR count). The van der Waals surface area contributed by atoms with Gasteiger partial charge in [0.05, 0.1) is 33.9 Å². The third kappa shape index (κ3) is 11.9. The Kier molecular flexibility index (Phi) is 16.0. The van der Waals surface area contributed by atoms with Crippen molar-refractivity contribution in [2.45, 2.75) is 110 Å². The molecule has 0 aromatic heterocycles. The largest absolute Gasteiger partial charge is 0.494 e. The predicted molar refractivity (Wildman–Crippen MR) is 194 cm³/mol. The van der Waals surface area contributed by atoms with Crippen LogP contribution in [-0.2, 0) is 20.8 Å². The molecule has 0 aliphatic carbocycles. The van der Waals surface area contributed by atoms with Crippen LogP contribution < -0.4 is 14.7 Å². The minimum Gasteiger partial charge on any atom is -0.494 e. The summed E-state index contributed by atoms with van der Waals surface area (Å²) in [6, 6.07) is 11.6. The molecular formula is C38H55Cl2N3O4. The SMILES string of the molecule is CCCCCCCCCCCCC(C)C(=O)ON1C(=O)CCc2ccc(OCCCCN3CCN(c4cccc(Cl)c4Cl)CC3)cc21. The second-order valence-corrected chi connectivity index (χ2v) is 14.0. The van der Waals surface area contributed by atoms with Gasteiger partial charge in [0.2, 0.25) is 0 Å². The van der Waals surface area contributed by atoms with Crippen LogP contribution in [0.25, 0.3) is 0 Å². The number of carbonyl (C=O) groups excluding carboxylic acids is 2. The van der Waals surface area contributed by atoms with Gasteiger partial charge in [0, 0.05) is 38.7 Å². The number of halogens is 2. The summed E-state index contributed by atoms with van der Waals surface area (Å²) >= 11 is 12.6. The van der Waals surface area contributed by atoms with E-state index in [9.17, 15) is 9.59 Å². The number of hydroxylamine groups is 1. The summed E-state index contributed by atoms with van der Waals surface area (Å²) in [7, 11) is 0. The second-order valence-electron chi connectivity index (χ2n) is 13.2. The number of piperazine rings is 1. The van der Waals surface area contributed by atoms with Gasteiger partial charge in [-0.2, -0.15) is 0 Å². The Morgan fingerprint density at radius 3 is 2.26 bits per heavy atom. The molecule has 9 heteroatoms. The molecule has 1 atom stereocenters.